The van der Waals surface area contributed by atoms with Crippen molar-refractivity contribution in [1.29, 1.82) is 0 Å². The summed E-state index contributed by atoms with van der Waals surface area (Å²) in [6, 6.07) is 1.27. The van der Waals surface area contributed by atoms with Crippen LogP contribution in [0.2, 0.25) is 19.1 Å². The van der Waals surface area contributed by atoms with Crippen LogP contribution < -0.4 is 0 Å². The van der Waals surface area contributed by atoms with Crippen molar-refractivity contribution >= 4 is 20.2 Å². The van der Waals surface area contributed by atoms with E-state index in [0.717, 1.165) is 12.8 Å². The maximum atomic E-state index is 9.88. The summed E-state index contributed by atoms with van der Waals surface area (Å²) in [5.74, 6) is 0. The second-order valence-electron chi connectivity index (χ2n) is 2.92. The van der Waals surface area contributed by atoms with Gasteiger partial charge in [0.15, 0.2) is 0 Å². The van der Waals surface area contributed by atoms with Crippen molar-refractivity contribution < 1.29 is 12.9 Å². The Hall–Kier alpha value is 0.287. The van der Waals surface area contributed by atoms with Gasteiger partial charge in [-0.3, -0.25) is 0 Å². The standard InChI is InChI=1S/C6H16O3SSi/c1-11(2)6-4-3-5-9-10(7)8/h11H,3-6H2,1-2H3,(H,7,8)/p-1. The third-order valence-corrected chi connectivity index (χ3v) is 3.28. The smallest absolute Gasteiger partial charge is 0.0842 e. The highest BCUT2D eigenvalue weighted by atomic mass is 32.2. The Morgan fingerprint density at radius 3 is 2.55 bits per heavy atom. The molecular formula is C6H15O3SSi-. The van der Waals surface area contributed by atoms with Crippen molar-refractivity contribution in [3.63, 3.8) is 0 Å². The molecule has 0 fully saturated rings. The monoisotopic (exact) mass is 195 g/mol. The zero-order chi connectivity index (χ0) is 8.69. The third kappa shape index (κ3) is 10.3. The van der Waals surface area contributed by atoms with E-state index in [-0.39, 0.29) is 0 Å². The normalized spacial score (nSPS) is 13.8. The van der Waals surface area contributed by atoms with E-state index < -0.39 is 20.2 Å². The Kier molecular flexibility index (Phi) is 7.15. The molecule has 11 heavy (non-hydrogen) atoms. The van der Waals surface area contributed by atoms with Gasteiger partial charge in [0.1, 0.15) is 0 Å². The lowest BCUT2D eigenvalue weighted by molar-refractivity contribution is 0.294. The summed E-state index contributed by atoms with van der Waals surface area (Å²) in [5, 5.41) is 0. The molecule has 0 aliphatic rings. The molecule has 0 aromatic rings. The van der Waals surface area contributed by atoms with Crippen LogP contribution in [0.15, 0.2) is 0 Å². The fraction of sp³-hybridized carbons (Fsp3) is 1.00. The molecule has 68 valence electrons. The maximum absolute atomic E-state index is 9.88. The van der Waals surface area contributed by atoms with Gasteiger partial charge >= 0.3 is 0 Å². The Balaban J connectivity index is 2.97. The SMILES string of the molecule is C[SiH](C)CCCCOS(=O)[O-]. The molecule has 0 aromatic carbocycles. The van der Waals surface area contributed by atoms with E-state index in [1.165, 1.54) is 6.04 Å². The molecule has 0 aromatic heterocycles. The first-order valence-electron chi connectivity index (χ1n) is 3.85. The van der Waals surface area contributed by atoms with Crippen molar-refractivity contribution in [2.75, 3.05) is 6.61 Å². The molecule has 0 saturated carbocycles. The molecule has 0 bridgehead atoms. The van der Waals surface area contributed by atoms with E-state index in [9.17, 15) is 8.76 Å². The molecule has 0 N–H and O–H groups in total. The molecule has 0 aliphatic carbocycles. The summed E-state index contributed by atoms with van der Waals surface area (Å²) in [7, 11) is -0.447. The van der Waals surface area contributed by atoms with Crippen LogP contribution in [0.4, 0.5) is 0 Å². The van der Waals surface area contributed by atoms with Gasteiger partial charge in [0, 0.05) is 8.80 Å². The van der Waals surface area contributed by atoms with E-state index in [2.05, 4.69) is 17.3 Å². The zero-order valence-corrected chi connectivity index (χ0v) is 9.01. The van der Waals surface area contributed by atoms with E-state index >= 15 is 0 Å². The Morgan fingerprint density at radius 2 is 2.09 bits per heavy atom. The lowest BCUT2D eigenvalue weighted by Crippen LogP contribution is -2.01. The first-order valence-corrected chi connectivity index (χ1v) is 7.98. The molecule has 0 rings (SSSR count). The summed E-state index contributed by atoms with van der Waals surface area (Å²) >= 11 is -2.32. The molecule has 0 spiro atoms. The second kappa shape index (κ2) is 6.96. The van der Waals surface area contributed by atoms with Gasteiger partial charge < -0.3 is 8.74 Å². The van der Waals surface area contributed by atoms with Crippen molar-refractivity contribution in [2.45, 2.75) is 32.0 Å². The molecule has 5 heteroatoms. The molecule has 1 unspecified atom stereocenters. The van der Waals surface area contributed by atoms with Crippen LogP contribution in [0, 0.1) is 0 Å². The van der Waals surface area contributed by atoms with Gasteiger partial charge in [0.25, 0.3) is 0 Å². The predicted octanol–water partition coefficient (Wildman–Crippen LogP) is 1.06. The Bertz CT molecular complexity index is 118. The van der Waals surface area contributed by atoms with Gasteiger partial charge in [-0.1, -0.05) is 25.6 Å². The van der Waals surface area contributed by atoms with Gasteiger partial charge in [-0.25, -0.2) is 4.21 Å². The summed E-state index contributed by atoms with van der Waals surface area (Å²) < 4.78 is 24.1. The minimum Gasteiger partial charge on any atom is -0.750 e. The largest absolute Gasteiger partial charge is 0.750 e. The second-order valence-corrected chi connectivity index (χ2v) is 6.92. The Morgan fingerprint density at radius 1 is 1.45 bits per heavy atom. The molecule has 1 atom stereocenters. The molecule has 0 radical (unpaired) electrons. The number of rotatable bonds is 6. The molecular weight excluding hydrogens is 180 g/mol. The summed E-state index contributed by atoms with van der Waals surface area (Å²) in [4.78, 5) is 0. The zero-order valence-electron chi connectivity index (χ0n) is 7.04. The first kappa shape index (κ1) is 11.3. The minimum atomic E-state index is -2.32. The average molecular weight is 195 g/mol. The van der Waals surface area contributed by atoms with Crippen LogP contribution in [-0.4, -0.2) is 24.2 Å². The van der Waals surface area contributed by atoms with E-state index in [0.29, 0.717) is 6.61 Å². The van der Waals surface area contributed by atoms with Gasteiger partial charge in [-0.15, -0.1) is 0 Å². The predicted molar refractivity (Wildman–Crippen MR) is 47.8 cm³/mol. The minimum absolute atomic E-state index is 0.344. The Labute approximate surface area is 72.2 Å². The highest BCUT2D eigenvalue weighted by Gasteiger charge is 1.95. The van der Waals surface area contributed by atoms with Crippen LogP contribution >= 0.6 is 0 Å². The summed E-state index contributed by atoms with van der Waals surface area (Å²) in [6.45, 7) is 4.91. The number of unbranched alkanes of at least 4 members (excludes halogenated alkanes) is 1. The highest BCUT2D eigenvalue weighted by molar-refractivity contribution is 7.74. The van der Waals surface area contributed by atoms with Crippen molar-refractivity contribution in [2.24, 2.45) is 0 Å². The summed E-state index contributed by atoms with van der Waals surface area (Å²) in [6.07, 6.45) is 1.96. The molecule has 0 heterocycles. The fourth-order valence-corrected chi connectivity index (χ4v) is 2.14. The lowest BCUT2D eigenvalue weighted by atomic mass is 10.4. The average Bonchev–Trinajstić information content (AvgIpc) is 1.85. The van der Waals surface area contributed by atoms with E-state index in [1.54, 1.807) is 0 Å². The van der Waals surface area contributed by atoms with Crippen LogP contribution in [-0.2, 0) is 15.5 Å². The summed E-state index contributed by atoms with van der Waals surface area (Å²) in [5.41, 5.74) is 0. The van der Waals surface area contributed by atoms with Gasteiger partial charge in [0.2, 0.25) is 0 Å². The van der Waals surface area contributed by atoms with E-state index in [1.807, 2.05) is 0 Å². The maximum Gasteiger partial charge on any atom is 0.0842 e. The topological polar surface area (TPSA) is 49.4 Å². The van der Waals surface area contributed by atoms with Crippen molar-refractivity contribution in [3.05, 3.63) is 0 Å². The molecule has 0 amide bonds. The van der Waals surface area contributed by atoms with Crippen LogP contribution in [0.3, 0.4) is 0 Å². The molecule has 3 nitrogen and oxygen atoms in total. The lowest BCUT2D eigenvalue weighted by Gasteiger charge is -2.05. The number of hydrogen-bond acceptors (Lipinski definition) is 3. The van der Waals surface area contributed by atoms with Crippen LogP contribution in [0.5, 0.6) is 0 Å². The van der Waals surface area contributed by atoms with Crippen LogP contribution in [0.25, 0.3) is 0 Å². The molecule has 0 saturated heterocycles. The van der Waals surface area contributed by atoms with E-state index in [4.69, 9.17) is 0 Å². The number of hydrogen-bond donors (Lipinski definition) is 0. The fourth-order valence-electron chi connectivity index (χ4n) is 0.782. The first-order chi connectivity index (χ1) is 5.13. The van der Waals surface area contributed by atoms with Crippen molar-refractivity contribution in [3.8, 4) is 0 Å². The highest BCUT2D eigenvalue weighted by Crippen LogP contribution is 2.01. The quantitative estimate of drug-likeness (QED) is 0.362. The van der Waals surface area contributed by atoms with Gasteiger partial charge in [0.05, 0.1) is 18.0 Å². The van der Waals surface area contributed by atoms with Crippen LogP contribution in [0.1, 0.15) is 12.8 Å². The van der Waals surface area contributed by atoms with Gasteiger partial charge in [-0.2, -0.15) is 0 Å². The third-order valence-electron chi connectivity index (χ3n) is 1.36. The van der Waals surface area contributed by atoms with Gasteiger partial charge in [-0.05, 0) is 6.42 Å². The molecule has 0 aliphatic heterocycles. The van der Waals surface area contributed by atoms with Crippen molar-refractivity contribution in [1.82, 2.24) is 0 Å².